The van der Waals surface area contributed by atoms with Crippen LogP contribution in [-0.2, 0) is 6.54 Å². The Labute approximate surface area is 130 Å². The van der Waals surface area contributed by atoms with Crippen LogP contribution in [0.25, 0.3) is 0 Å². The molecule has 0 heterocycles. The van der Waals surface area contributed by atoms with Gasteiger partial charge in [-0.3, -0.25) is 0 Å². The molecular formula is C15H15Br2NO. The van der Waals surface area contributed by atoms with Crippen LogP contribution in [0.15, 0.2) is 45.3 Å². The third kappa shape index (κ3) is 3.74. The van der Waals surface area contributed by atoms with Gasteiger partial charge in [-0.05, 0) is 74.2 Å². The lowest BCUT2D eigenvalue weighted by Gasteiger charge is -2.12. The molecule has 0 fully saturated rings. The minimum atomic E-state index is 0.756. The number of methoxy groups -OCH3 is 1. The van der Waals surface area contributed by atoms with Crippen LogP contribution in [0.5, 0.6) is 5.75 Å². The van der Waals surface area contributed by atoms with Gasteiger partial charge in [0.15, 0.2) is 0 Å². The third-order valence-electron chi connectivity index (χ3n) is 2.82. The molecule has 2 aromatic rings. The second kappa shape index (κ2) is 6.44. The molecule has 0 aliphatic rings. The van der Waals surface area contributed by atoms with Gasteiger partial charge in [0, 0.05) is 15.5 Å². The van der Waals surface area contributed by atoms with Gasteiger partial charge in [-0.2, -0.15) is 0 Å². The van der Waals surface area contributed by atoms with E-state index in [9.17, 15) is 0 Å². The molecule has 0 spiro atoms. The maximum Gasteiger partial charge on any atom is 0.141 e. The molecule has 0 atom stereocenters. The Hall–Kier alpha value is -1.000. The van der Waals surface area contributed by atoms with E-state index in [-0.39, 0.29) is 0 Å². The molecule has 0 saturated heterocycles. The highest BCUT2D eigenvalue weighted by molar-refractivity contribution is 9.13. The summed E-state index contributed by atoms with van der Waals surface area (Å²) in [7, 11) is 1.69. The van der Waals surface area contributed by atoms with Crippen LogP contribution in [0, 0.1) is 6.92 Å². The summed E-state index contributed by atoms with van der Waals surface area (Å²) in [6.07, 6.45) is 0. The molecule has 4 heteroatoms. The first-order valence-corrected chi connectivity index (χ1v) is 7.51. The summed E-state index contributed by atoms with van der Waals surface area (Å²) in [6, 6.07) is 12.3. The predicted molar refractivity (Wildman–Crippen MR) is 86.9 cm³/mol. The Morgan fingerprint density at radius 2 is 1.84 bits per heavy atom. The minimum absolute atomic E-state index is 0.756. The smallest absolute Gasteiger partial charge is 0.141 e. The van der Waals surface area contributed by atoms with Crippen molar-refractivity contribution in [3.05, 3.63) is 56.5 Å². The van der Waals surface area contributed by atoms with Crippen molar-refractivity contribution in [1.82, 2.24) is 0 Å². The second-order valence-corrected chi connectivity index (χ2v) is 6.01. The van der Waals surface area contributed by atoms with Crippen molar-refractivity contribution in [2.75, 3.05) is 12.4 Å². The molecule has 0 saturated carbocycles. The van der Waals surface area contributed by atoms with Gasteiger partial charge < -0.3 is 10.1 Å². The lowest BCUT2D eigenvalue weighted by atomic mass is 10.2. The van der Waals surface area contributed by atoms with E-state index < -0.39 is 0 Å². The number of aryl methyl sites for hydroxylation is 1. The van der Waals surface area contributed by atoms with Crippen LogP contribution in [0.2, 0.25) is 0 Å². The molecule has 0 aliphatic carbocycles. The van der Waals surface area contributed by atoms with Gasteiger partial charge in [0.05, 0.1) is 12.8 Å². The summed E-state index contributed by atoms with van der Waals surface area (Å²) in [5.74, 6) is 0.863. The van der Waals surface area contributed by atoms with Crippen molar-refractivity contribution in [3.63, 3.8) is 0 Å². The van der Waals surface area contributed by atoms with Crippen LogP contribution in [0.4, 0.5) is 5.69 Å². The number of hydrogen-bond donors (Lipinski definition) is 1. The minimum Gasteiger partial charge on any atom is -0.495 e. The van der Waals surface area contributed by atoms with E-state index in [2.05, 4.69) is 62.3 Å². The summed E-state index contributed by atoms with van der Waals surface area (Å²) in [4.78, 5) is 0. The fourth-order valence-electron chi connectivity index (χ4n) is 1.81. The Morgan fingerprint density at radius 1 is 1.05 bits per heavy atom. The van der Waals surface area contributed by atoms with Crippen molar-refractivity contribution in [2.24, 2.45) is 0 Å². The molecule has 100 valence electrons. The summed E-state index contributed by atoms with van der Waals surface area (Å²) in [6.45, 7) is 2.83. The van der Waals surface area contributed by atoms with E-state index in [1.807, 2.05) is 18.2 Å². The number of ether oxygens (including phenoxy) is 1. The average Bonchev–Trinajstić information content (AvgIpc) is 2.40. The zero-order chi connectivity index (χ0) is 13.8. The number of benzene rings is 2. The molecule has 2 aromatic carbocycles. The summed E-state index contributed by atoms with van der Waals surface area (Å²) in [5, 5.41) is 3.41. The van der Waals surface area contributed by atoms with Gasteiger partial charge in [-0.25, -0.2) is 0 Å². The van der Waals surface area contributed by atoms with Crippen molar-refractivity contribution >= 4 is 37.5 Å². The fraction of sp³-hybridized carbons (Fsp3) is 0.200. The number of anilines is 1. The van der Waals surface area contributed by atoms with Crippen LogP contribution >= 0.6 is 31.9 Å². The van der Waals surface area contributed by atoms with E-state index in [0.717, 1.165) is 26.9 Å². The lowest BCUT2D eigenvalue weighted by molar-refractivity contribution is 0.416. The highest BCUT2D eigenvalue weighted by Gasteiger charge is 2.04. The Morgan fingerprint density at radius 3 is 2.53 bits per heavy atom. The molecule has 0 radical (unpaired) electrons. The van der Waals surface area contributed by atoms with Gasteiger partial charge in [-0.15, -0.1) is 0 Å². The highest BCUT2D eigenvalue weighted by Crippen LogP contribution is 2.27. The molecule has 0 amide bonds. The lowest BCUT2D eigenvalue weighted by Crippen LogP contribution is -2.01. The zero-order valence-corrected chi connectivity index (χ0v) is 14.0. The summed E-state index contributed by atoms with van der Waals surface area (Å²) >= 11 is 6.98. The second-order valence-electron chi connectivity index (χ2n) is 4.31. The van der Waals surface area contributed by atoms with Gasteiger partial charge in [-0.1, -0.05) is 12.1 Å². The molecular weight excluding hydrogens is 370 g/mol. The number of halogens is 2. The molecule has 1 N–H and O–H groups in total. The molecule has 2 nitrogen and oxygen atoms in total. The molecule has 0 aromatic heterocycles. The van der Waals surface area contributed by atoms with E-state index in [4.69, 9.17) is 4.74 Å². The largest absolute Gasteiger partial charge is 0.495 e. The van der Waals surface area contributed by atoms with Crippen LogP contribution in [0.1, 0.15) is 11.1 Å². The number of rotatable bonds is 4. The summed E-state index contributed by atoms with van der Waals surface area (Å²) < 4.78 is 7.47. The van der Waals surface area contributed by atoms with Crippen LogP contribution in [-0.4, -0.2) is 7.11 Å². The van der Waals surface area contributed by atoms with Gasteiger partial charge in [0.1, 0.15) is 5.75 Å². The van der Waals surface area contributed by atoms with Crippen molar-refractivity contribution in [3.8, 4) is 5.75 Å². The maximum absolute atomic E-state index is 5.35. The highest BCUT2D eigenvalue weighted by atomic mass is 79.9. The van der Waals surface area contributed by atoms with E-state index in [1.54, 1.807) is 7.11 Å². The molecule has 0 aliphatic heterocycles. The standard InChI is InChI=1S/C15H15Br2NO/c1-10-3-6-15(19-2)14(7-10)18-9-11-4-5-12(16)13(17)8-11/h3-8,18H,9H2,1-2H3. The van der Waals surface area contributed by atoms with E-state index in [0.29, 0.717) is 0 Å². The van der Waals surface area contributed by atoms with Crippen molar-refractivity contribution in [1.29, 1.82) is 0 Å². The summed E-state index contributed by atoms with van der Waals surface area (Å²) in [5.41, 5.74) is 3.43. The normalized spacial score (nSPS) is 10.3. The van der Waals surface area contributed by atoms with Crippen molar-refractivity contribution in [2.45, 2.75) is 13.5 Å². The number of nitrogens with one attached hydrogen (secondary N) is 1. The zero-order valence-electron chi connectivity index (χ0n) is 10.8. The van der Waals surface area contributed by atoms with Gasteiger partial charge in [0.2, 0.25) is 0 Å². The van der Waals surface area contributed by atoms with Crippen LogP contribution in [0.3, 0.4) is 0 Å². The molecule has 0 bridgehead atoms. The molecule has 19 heavy (non-hydrogen) atoms. The topological polar surface area (TPSA) is 21.3 Å². The first-order valence-electron chi connectivity index (χ1n) is 5.92. The quantitative estimate of drug-likeness (QED) is 0.787. The van der Waals surface area contributed by atoms with Crippen molar-refractivity contribution < 1.29 is 4.74 Å². The van der Waals surface area contributed by atoms with E-state index >= 15 is 0 Å². The van der Waals surface area contributed by atoms with Gasteiger partial charge >= 0.3 is 0 Å². The predicted octanol–water partition coefficient (Wildman–Crippen LogP) is 5.14. The fourth-order valence-corrected chi connectivity index (χ4v) is 2.48. The van der Waals surface area contributed by atoms with Crippen LogP contribution < -0.4 is 10.1 Å². The SMILES string of the molecule is COc1ccc(C)cc1NCc1ccc(Br)c(Br)c1. The first-order chi connectivity index (χ1) is 9.10. The third-order valence-corrected chi connectivity index (χ3v) is 4.70. The molecule has 0 unspecified atom stereocenters. The Bertz CT molecular complexity index is 584. The average molecular weight is 385 g/mol. The van der Waals surface area contributed by atoms with E-state index in [1.165, 1.54) is 11.1 Å². The Kier molecular flexibility index (Phi) is 4.88. The monoisotopic (exact) mass is 383 g/mol. The number of hydrogen-bond acceptors (Lipinski definition) is 2. The van der Waals surface area contributed by atoms with Gasteiger partial charge in [0.25, 0.3) is 0 Å². The maximum atomic E-state index is 5.35. The molecule has 2 rings (SSSR count). The Balaban J connectivity index is 2.13. The first kappa shape index (κ1) is 14.4.